The average Bonchev–Trinajstić information content (AvgIpc) is 3.18. The number of nitrogens with one attached hydrogen (secondary N) is 2. The summed E-state index contributed by atoms with van der Waals surface area (Å²) in [7, 11) is 1.78. The first-order valence-corrected chi connectivity index (χ1v) is 9.46. The number of thiazole rings is 1. The minimum Gasteiger partial charge on any atom is -0.380 e. The molecule has 0 bridgehead atoms. The molecule has 0 atom stereocenters. The van der Waals surface area contributed by atoms with Crippen LogP contribution in [0.2, 0.25) is 0 Å². The number of aryl methyl sites for hydroxylation is 1. The predicted molar refractivity (Wildman–Crippen MR) is 99.7 cm³/mol. The number of ether oxygens (including phenoxy) is 1. The van der Waals surface area contributed by atoms with Gasteiger partial charge in [0.05, 0.1) is 22.2 Å². The number of thiophene rings is 1. The first-order valence-electron chi connectivity index (χ1n) is 7.76. The van der Waals surface area contributed by atoms with E-state index in [1.165, 1.54) is 9.75 Å². The maximum absolute atomic E-state index is 5.30. The summed E-state index contributed by atoms with van der Waals surface area (Å²) >= 11 is 3.50. The summed E-state index contributed by atoms with van der Waals surface area (Å²) in [6.45, 7) is 7.09. The highest BCUT2D eigenvalue weighted by atomic mass is 32.1. The van der Waals surface area contributed by atoms with E-state index in [0.29, 0.717) is 6.61 Å². The van der Waals surface area contributed by atoms with Gasteiger partial charge in [0.2, 0.25) is 0 Å². The van der Waals surface area contributed by atoms with E-state index in [4.69, 9.17) is 4.74 Å². The standard InChI is InChI=1S/C16H24N4OS2/c1-4-21-10-9-19-16(17-3)18-8-7-13-5-6-15(23-13)14-11-22-12(2)20-14/h5-6,11H,4,7-10H2,1-3H3,(H2,17,18,19). The Morgan fingerprint density at radius 3 is 2.83 bits per heavy atom. The first kappa shape index (κ1) is 17.9. The lowest BCUT2D eigenvalue weighted by Crippen LogP contribution is -2.39. The van der Waals surface area contributed by atoms with Gasteiger partial charge in [-0.3, -0.25) is 4.99 Å². The summed E-state index contributed by atoms with van der Waals surface area (Å²) < 4.78 is 5.30. The molecule has 5 nitrogen and oxygen atoms in total. The molecule has 126 valence electrons. The summed E-state index contributed by atoms with van der Waals surface area (Å²) in [5.41, 5.74) is 1.09. The summed E-state index contributed by atoms with van der Waals surface area (Å²) in [4.78, 5) is 11.3. The molecule has 0 aliphatic carbocycles. The third-order valence-electron chi connectivity index (χ3n) is 3.16. The zero-order chi connectivity index (χ0) is 16.5. The van der Waals surface area contributed by atoms with Crippen LogP contribution in [0.15, 0.2) is 22.5 Å². The molecule has 7 heteroatoms. The molecule has 2 N–H and O–H groups in total. The highest BCUT2D eigenvalue weighted by Gasteiger charge is 2.06. The molecule has 0 fully saturated rings. The Kier molecular flexibility index (Phi) is 7.51. The molecule has 0 spiro atoms. The van der Waals surface area contributed by atoms with Crippen molar-refractivity contribution in [2.24, 2.45) is 4.99 Å². The van der Waals surface area contributed by atoms with Crippen LogP contribution in [-0.4, -0.2) is 44.3 Å². The summed E-state index contributed by atoms with van der Waals surface area (Å²) in [5.74, 6) is 0.816. The van der Waals surface area contributed by atoms with Gasteiger partial charge in [-0.15, -0.1) is 22.7 Å². The number of rotatable bonds is 8. The fourth-order valence-electron chi connectivity index (χ4n) is 2.04. The summed E-state index contributed by atoms with van der Waals surface area (Å²) in [5, 5.41) is 9.79. The van der Waals surface area contributed by atoms with Crippen LogP contribution in [0.5, 0.6) is 0 Å². The van der Waals surface area contributed by atoms with Gasteiger partial charge in [0, 0.05) is 37.0 Å². The Morgan fingerprint density at radius 2 is 2.13 bits per heavy atom. The zero-order valence-electron chi connectivity index (χ0n) is 13.9. The van der Waals surface area contributed by atoms with Crippen LogP contribution in [0.4, 0.5) is 0 Å². The van der Waals surface area contributed by atoms with Crippen molar-refractivity contribution >= 4 is 28.6 Å². The van der Waals surface area contributed by atoms with Crippen LogP contribution in [0.25, 0.3) is 10.6 Å². The van der Waals surface area contributed by atoms with Crippen LogP contribution in [-0.2, 0) is 11.2 Å². The molecule has 0 radical (unpaired) electrons. The fraction of sp³-hybridized carbons (Fsp3) is 0.500. The van der Waals surface area contributed by atoms with Crippen molar-refractivity contribution in [1.82, 2.24) is 15.6 Å². The van der Waals surface area contributed by atoms with Crippen molar-refractivity contribution in [3.05, 3.63) is 27.4 Å². The molecule has 23 heavy (non-hydrogen) atoms. The van der Waals surface area contributed by atoms with E-state index >= 15 is 0 Å². The molecule has 2 aromatic rings. The lowest BCUT2D eigenvalue weighted by Gasteiger charge is -2.11. The van der Waals surface area contributed by atoms with Crippen molar-refractivity contribution in [3.8, 4) is 10.6 Å². The highest BCUT2D eigenvalue weighted by Crippen LogP contribution is 2.29. The third kappa shape index (κ3) is 5.93. The molecule has 0 amide bonds. The largest absolute Gasteiger partial charge is 0.380 e. The van der Waals surface area contributed by atoms with Crippen LogP contribution in [0.3, 0.4) is 0 Å². The molecular weight excluding hydrogens is 328 g/mol. The number of aliphatic imine (C=N–C) groups is 1. The van der Waals surface area contributed by atoms with Crippen molar-refractivity contribution in [3.63, 3.8) is 0 Å². The monoisotopic (exact) mass is 352 g/mol. The predicted octanol–water partition coefficient (Wildman–Crippen LogP) is 2.92. The van der Waals surface area contributed by atoms with E-state index in [2.05, 4.69) is 38.1 Å². The van der Waals surface area contributed by atoms with Crippen LogP contribution < -0.4 is 10.6 Å². The second kappa shape index (κ2) is 9.64. The molecule has 2 aromatic heterocycles. The van der Waals surface area contributed by atoms with E-state index in [-0.39, 0.29) is 0 Å². The average molecular weight is 353 g/mol. The Balaban J connectivity index is 1.74. The lowest BCUT2D eigenvalue weighted by molar-refractivity contribution is 0.152. The van der Waals surface area contributed by atoms with Gasteiger partial charge in [-0.2, -0.15) is 0 Å². The molecule has 0 aromatic carbocycles. The van der Waals surface area contributed by atoms with E-state index < -0.39 is 0 Å². The maximum atomic E-state index is 5.30. The number of nitrogens with zero attached hydrogens (tertiary/aromatic N) is 2. The second-order valence-corrected chi connectivity index (χ2v) is 7.12. The molecular formula is C16H24N4OS2. The number of hydrogen-bond donors (Lipinski definition) is 2. The van der Waals surface area contributed by atoms with Crippen molar-refractivity contribution < 1.29 is 4.74 Å². The van der Waals surface area contributed by atoms with Crippen molar-refractivity contribution in [2.45, 2.75) is 20.3 Å². The number of hydrogen-bond acceptors (Lipinski definition) is 5. The first-order chi connectivity index (χ1) is 11.2. The summed E-state index contributed by atoms with van der Waals surface area (Å²) in [6.07, 6.45) is 0.972. The van der Waals surface area contributed by atoms with Gasteiger partial charge in [0.1, 0.15) is 0 Å². The smallest absolute Gasteiger partial charge is 0.191 e. The third-order valence-corrected chi connectivity index (χ3v) is 5.10. The van der Waals surface area contributed by atoms with Crippen LogP contribution in [0, 0.1) is 6.92 Å². The van der Waals surface area contributed by atoms with Gasteiger partial charge in [-0.05, 0) is 32.4 Å². The van der Waals surface area contributed by atoms with Crippen molar-refractivity contribution in [2.75, 3.05) is 33.4 Å². The Morgan fingerprint density at radius 1 is 1.30 bits per heavy atom. The lowest BCUT2D eigenvalue weighted by atomic mass is 10.3. The van der Waals surface area contributed by atoms with Crippen molar-refractivity contribution in [1.29, 1.82) is 0 Å². The van der Waals surface area contributed by atoms with Gasteiger partial charge in [0.15, 0.2) is 5.96 Å². The molecule has 0 aliphatic rings. The Labute approximate surface area is 145 Å². The molecule has 0 aliphatic heterocycles. The van der Waals surface area contributed by atoms with Crippen LogP contribution in [0.1, 0.15) is 16.8 Å². The minimum absolute atomic E-state index is 0.693. The normalized spacial score (nSPS) is 11.7. The van der Waals surface area contributed by atoms with E-state index in [1.807, 2.05) is 13.8 Å². The SMILES string of the molecule is CCOCCNC(=NC)NCCc1ccc(-c2csc(C)n2)s1. The zero-order valence-corrected chi connectivity index (χ0v) is 15.5. The minimum atomic E-state index is 0.693. The van der Waals surface area contributed by atoms with E-state index in [9.17, 15) is 0 Å². The second-order valence-electron chi connectivity index (χ2n) is 4.89. The highest BCUT2D eigenvalue weighted by molar-refractivity contribution is 7.16. The summed E-state index contributed by atoms with van der Waals surface area (Å²) in [6, 6.07) is 4.34. The topological polar surface area (TPSA) is 58.5 Å². The van der Waals surface area contributed by atoms with Gasteiger partial charge in [-0.25, -0.2) is 4.98 Å². The van der Waals surface area contributed by atoms with E-state index in [0.717, 1.165) is 42.8 Å². The van der Waals surface area contributed by atoms with Gasteiger partial charge in [0.25, 0.3) is 0 Å². The fourth-order valence-corrected chi connectivity index (χ4v) is 3.69. The van der Waals surface area contributed by atoms with E-state index in [1.54, 1.807) is 29.7 Å². The maximum Gasteiger partial charge on any atom is 0.191 e. The van der Waals surface area contributed by atoms with Crippen LogP contribution >= 0.6 is 22.7 Å². The quantitative estimate of drug-likeness (QED) is 0.436. The van der Waals surface area contributed by atoms with Gasteiger partial charge >= 0.3 is 0 Å². The molecule has 2 rings (SSSR count). The van der Waals surface area contributed by atoms with Gasteiger partial charge in [-0.1, -0.05) is 0 Å². The molecule has 2 heterocycles. The molecule has 0 saturated heterocycles. The van der Waals surface area contributed by atoms with Gasteiger partial charge < -0.3 is 15.4 Å². The molecule has 0 unspecified atom stereocenters. The Hall–Kier alpha value is -1.44. The number of guanidine groups is 1. The Bertz CT molecular complexity index is 621. The molecule has 0 saturated carbocycles. The number of aromatic nitrogens is 1.